The molecular formula is C15H16FN3. The second-order valence-electron chi connectivity index (χ2n) is 5.17. The van der Waals surface area contributed by atoms with Crippen molar-refractivity contribution in [2.24, 2.45) is 0 Å². The van der Waals surface area contributed by atoms with Crippen molar-refractivity contribution in [3.05, 3.63) is 41.0 Å². The van der Waals surface area contributed by atoms with Crippen LogP contribution < -0.4 is 5.73 Å². The van der Waals surface area contributed by atoms with Gasteiger partial charge in [0.15, 0.2) is 0 Å². The van der Waals surface area contributed by atoms with Crippen LogP contribution in [0.2, 0.25) is 0 Å². The Hall–Kier alpha value is -1.97. The third-order valence-corrected chi connectivity index (χ3v) is 3.60. The normalized spacial score (nSPS) is 14.7. The van der Waals surface area contributed by atoms with E-state index in [2.05, 4.69) is 9.97 Å². The summed E-state index contributed by atoms with van der Waals surface area (Å²) in [5.74, 6) is 1.46. The zero-order valence-corrected chi connectivity index (χ0v) is 11.1. The van der Waals surface area contributed by atoms with Crippen molar-refractivity contribution in [1.29, 1.82) is 0 Å². The number of hydrogen-bond acceptors (Lipinski definition) is 3. The molecule has 0 aliphatic heterocycles. The Labute approximate surface area is 111 Å². The Balaban J connectivity index is 2.20. The molecule has 1 aliphatic carbocycles. The molecule has 3 nitrogen and oxygen atoms in total. The second-order valence-corrected chi connectivity index (χ2v) is 5.17. The third-order valence-electron chi connectivity index (χ3n) is 3.60. The van der Waals surface area contributed by atoms with Gasteiger partial charge in [0.2, 0.25) is 0 Å². The number of aryl methyl sites for hydroxylation is 1. The summed E-state index contributed by atoms with van der Waals surface area (Å²) >= 11 is 0. The molecule has 0 amide bonds. The molecular weight excluding hydrogens is 241 g/mol. The molecule has 1 fully saturated rings. The molecule has 0 saturated heterocycles. The maximum Gasteiger partial charge on any atom is 0.134 e. The zero-order valence-electron chi connectivity index (χ0n) is 11.1. The number of benzene rings is 1. The van der Waals surface area contributed by atoms with Gasteiger partial charge in [-0.05, 0) is 44.4 Å². The fourth-order valence-corrected chi connectivity index (χ4v) is 2.19. The van der Waals surface area contributed by atoms with Crippen molar-refractivity contribution in [3.63, 3.8) is 0 Å². The van der Waals surface area contributed by atoms with Crippen LogP contribution in [0, 0.1) is 19.7 Å². The summed E-state index contributed by atoms with van der Waals surface area (Å²) in [6.07, 6.45) is 2.23. The molecule has 1 aliphatic rings. The number of halogens is 1. The fraction of sp³-hybridized carbons (Fsp3) is 0.333. The molecule has 0 radical (unpaired) electrons. The number of nitrogens with zero attached hydrogens (tertiary/aromatic N) is 2. The number of aromatic nitrogens is 2. The van der Waals surface area contributed by atoms with Crippen molar-refractivity contribution >= 4 is 5.82 Å². The van der Waals surface area contributed by atoms with Crippen molar-refractivity contribution in [1.82, 2.24) is 9.97 Å². The fourth-order valence-electron chi connectivity index (χ4n) is 2.19. The topological polar surface area (TPSA) is 51.8 Å². The lowest BCUT2D eigenvalue weighted by Crippen LogP contribution is -2.05. The summed E-state index contributed by atoms with van der Waals surface area (Å²) in [6.45, 7) is 3.83. The first kappa shape index (κ1) is 12.1. The number of nitrogen functional groups attached to an aromatic ring is 1. The predicted octanol–water partition coefficient (Wildman–Crippen LogP) is 3.36. The van der Waals surface area contributed by atoms with Gasteiger partial charge in [-0.2, -0.15) is 0 Å². The molecule has 1 aromatic heterocycles. The van der Waals surface area contributed by atoms with Crippen LogP contribution in [0.4, 0.5) is 10.2 Å². The van der Waals surface area contributed by atoms with Gasteiger partial charge in [0.25, 0.3) is 0 Å². The van der Waals surface area contributed by atoms with E-state index in [1.807, 2.05) is 13.8 Å². The molecule has 4 heteroatoms. The number of hydrogen-bond donors (Lipinski definition) is 1. The smallest absolute Gasteiger partial charge is 0.134 e. The van der Waals surface area contributed by atoms with Crippen molar-refractivity contribution in [2.45, 2.75) is 32.6 Å². The highest BCUT2D eigenvalue weighted by Gasteiger charge is 2.28. The van der Waals surface area contributed by atoms with Crippen LogP contribution in [0.15, 0.2) is 18.2 Å². The van der Waals surface area contributed by atoms with Gasteiger partial charge in [0.05, 0.1) is 5.69 Å². The van der Waals surface area contributed by atoms with E-state index in [4.69, 9.17) is 5.73 Å². The summed E-state index contributed by atoms with van der Waals surface area (Å²) in [5.41, 5.74) is 9.33. The predicted molar refractivity (Wildman–Crippen MR) is 73.3 cm³/mol. The highest BCUT2D eigenvalue weighted by Crippen LogP contribution is 2.40. The van der Waals surface area contributed by atoms with E-state index in [0.717, 1.165) is 41.1 Å². The molecule has 98 valence electrons. The first-order valence-electron chi connectivity index (χ1n) is 6.47. The van der Waals surface area contributed by atoms with Gasteiger partial charge in [-0.3, -0.25) is 0 Å². The standard InChI is InChI=1S/C15H16FN3/c1-8-3-6-11(16)7-12(8)13-9(2)14(17)19-15(18-13)10-4-5-10/h3,6-7,10H,4-5H2,1-2H3,(H2,17,18,19). The number of anilines is 1. The Morgan fingerprint density at radius 3 is 2.63 bits per heavy atom. The van der Waals surface area contributed by atoms with Crippen LogP contribution in [0.1, 0.15) is 35.7 Å². The minimum Gasteiger partial charge on any atom is -0.383 e. The Bertz CT molecular complexity index is 648. The minimum absolute atomic E-state index is 0.259. The average molecular weight is 257 g/mol. The summed E-state index contributed by atoms with van der Waals surface area (Å²) in [7, 11) is 0. The second kappa shape index (κ2) is 4.30. The maximum atomic E-state index is 13.5. The van der Waals surface area contributed by atoms with Crippen LogP contribution in [0.5, 0.6) is 0 Å². The molecule has 2 aromatic rings. The maximum absolute atomic E-state index is 13.5. The Kier molecular flexibility index (Phi) is 2.73. The lowest BCUT2D eigenvalue weighted by molar-refractivity contribution is 0.628. The van der Waals surface area contributed by atoms with E-state index in [9.17, 15) is 4.39 Å². The first-order chi connectivity index (χ1) is 9.06. The van der Waals surface area contributed by atoms with Gasteiger partial charge >= 0.3 is 0 Å². The molecule has 0 bridgehead atoms. The summed E-state index contributed by atoms with van der Waals surface area (Å²) in [6, 6.07) is 4.74. The van der Waals surface area contributed by atoms with Gasteiger partial charge in [-0.1, -0.05) is 6.07 Å². The molecule has 1 saturated carbocycles. The van der Waals surface area contributed by atoms with Gasteiger partial charge in [-0.25, -0.2) is 14.4 Å². The van der Waals surface area contributed by atoms with E-state index in [-0.39, 0.29) is 5.82 Å². The Morgan fingerprint density at radius 1 is 1.21 bits per heavy atom. The van der Waals surface area contributed by atoms with Gasteiger partial charge < -0.3 is 5.73 Å². The molecule has 1 aromatic carbocycles. The molecule has 0 spiro atoms. The quantitative estimate of drug-likeness (QED) is 0.897. The zero-order chi connectivity index (χ0) is 13.6. The van der Waals surface area contributed by atoms with Gasteiger partial charge in [0, 0.05) is 17.0 Å². The van der Waals surface area contributed by atoms with E-state index in [1.54, 1.807) is 6.07 Å². The summed E-state index contributed by atoms with van der Waals surface area (Å²) in [5, 5.41) is 0. The lowest BCUT2D eigenvalue weighted by Gasteiger charge is -2.12. The largest absolute Gasteiger partial charge is 0.383 e. The molecule has 1 heterocycles. The minimum atomic E-state index is -0.259. The summed E-state index contributed by atoms with van der Waals surface area (Å²) in [4.78, 5) is 8.96. The molecule has 0 atom stereocenters. The van der Waals surface area contributed by atoms with Gasteiger partial charge in [0.1, 0.15) is 17.5 Å². The number of rotatable bonds is 2. The Morgan fingerprint density at radius 2 is 1.95 bits per heavy atom. The van der Waals surface area contributed by atoms with Crippen LogP contribution in [-0.2, 0) is 0 Å². The lowest BCUT2D eigenvalue weighted by atomic mass is 10.0. The summed E-state index contributed by atoms with van der Waals surface area (Å²) < 4.78 is 13.5. The van der Waals surface area contributed by atoms with Crippen molar-refractivity contribution in [3.8, 4) is 11.3 Å². The third kappa shape index (κ3) is 2.18. The van der Waals surface area contributed by atoms with E-state index < -0.39 is 0 Å². The number of nitrogens with two attached hydrogens (primary N) is 1. The van der Waals surface area contributed by atoms with Gasteiger partial charge in [-0.15, -0.1) is 0 Å². The first-order valence-corrected chi connectivity index (χ1v) is 6.47. The monoisotopic (exact) mass is 257 g/mol. The van der Waals surface area contributed by atoms with E-state index in [1.165, 1.54) is 12.1 Å². The van der Waals surface area contributed by atoms with E-state index >= 15 is 0 Å². The van der Waals surface area contributed by atoms with Crippen LogP contribution >= 0.6 is 0 Å². The van der Waals surface area contributed by atoms with Crippen LogP contribution in [0.3, 0.4) is 0 Å². The van der Waals surface area contributed by atoms with Crippen LogP contribution in [0.25, 0.3) is 11.3 Å². The van der Waals surface area contributed by atoms with Crippen LogP contribution in [-0.4, -0.2) is 9.97 Å². The van der Waals surface area contributed by atoms with E-state index in [0.29, 0.717) is 11.7 Å². The molecule has 3 rings (SSSR count). The van der Waals surface area contributed by atoms with Crippen molar-refractivity contribution in [2.75, 3.05) is 5.73 Å². The SMILES string of the molecule is Cc1ccc(F)cc1-c1nc(C2CC2)nc(N)c1C. The molecule has 19 heavy (non-hydrogen) atoms. The van der Waals surface area contributed by atoms with Crippen molar-refractivity contribution < 1.29 is 4.39 Å². The molecule has 0 unspecified atom stereocenters. The highest BCUT2D eigenvalue weighted by molar-refractivity contribution is 5.70. The molecule has 2 N–H and O–H groups in total. The average Bonchev–Trinajstić information content (AvgIpc) is 3.20. The highest BCUT2D eigenvalue weighted by atomic mass is 19.1.